The molecule has 1 fully saturated rings. The molecule has 2 atom stereocenters. The van der Waals surface area contributed by atoms with Crippen molar-refractivity contribution in [3.05, 3.63) is 57.9 Å². The number of thioether (sulfide) groups is 1. The molecule has 0 saturated carbocycles. The van der Waals surface area contributed by atoms with E-state index in [1.807, 2.05) is 35.2 Å². The summed E-state index contributed by atoms with van der Waals surface area (Å²) in [5.41, 5.74) is 8.35. The van der Waals surface area contributed by atoms with Crippen LogP contribution in [0.1, 0.15) is 11.5 Å². The Bertz CT molecular complexity index is 742. The van der Waals surface area contributed by atoms with E-state index in [-0.39, 0.29) is 12.0 Å². The van der Waals surface area contributed by atoms with Crippen LogP contribution in [0.3, 0.4) is 0 Å². The van der Waals surface area contributed by atoms with E-state index >= 15 is 0 Å². The second kappa shape index (κ2) is 6.23. The van der Waals surface area contributed by atoms with Gasteiger partial charge in [0.05, 0.1) is 40.3 Å². The van der Waals surface area contributed by atoms with Crippen molar-refractivity contribution >= 4 is 34.4 Å². The Hall–Kier alpha value is -1.64. The molecule has 4 nitrogen and oxygen atoms in total. The number of nitrogens with two attached hydrogens (primary N) is 1. The normalized spacial score (nSPS) is 24.0. The lowest BCUT2D eigenvalue weighted by molar-refractivity contribution is 0.384. The summed E-state index contributed by atoms with van der Waals surface area (Å²) in [4.78, 5) is 1.98. The van der Waals surface area contributed by atoms with Crippen molar-refractivity contribution in [3.8, 4) is 12.1 Å². The highest BCUT2D eigenvalue weighted by atomic mass is 127. The molecule has 2 aliphatic rings. The molecule has 3 rings (SSSR count). The summed E-state index contributed by atoms with van der Waals surface area (Å²) in [6.45, 7) is 0. The summed E-state index contributed by atoms with van der Waals surface area (Å²) in [6, 6.07) is 14.5. The number of benzene rings is 1. The first kappa shape index (κ1) is 15.3. The van der Waals surface area contributed by atoms with Gasteiger partial charge in [0, 0.05) is 10.2 Å². The average Bonchev–Trinajstić information content (AvgIpc) is 2.99. The maximum Gasteiger partial charge on any atom is 0.119 e. The van der Waals surface area contributed by atoms with E-state index in [1.54, 1.807) is 11.8 Å². The molecule has 1 aromatic carbocycles. The third-order valence-electron chi connectivity index (χ3n) is 3.89. The number of hydrogen-bond acceptors (Lipinski definition) is 5. The van der Waals surface area contributed by atoms with E-state index in [4.69, 9.17) is 5.73 Å². The second-order valence-corrected chi connectivity index (χ2v) is 6.96. The van der Waals surface area contributed by atoms with Crippen molar-refractivity contribution in [1.29, 1.82) is 10.5 Å². The molecule has 2 aliphatic heterocycles. The Morgan fingerprint density at radius 1 is 1.23 bits per heavy atom. The lowest BCUT2D eigenvalue weighted by Gasteiger charge is -2.34. The van der Waals surface area contributed by atoms with Crippen LogP contribution in [0.25, 0.3) is 0 Å². The number of rotatable bonds is 2. The topological polar surface area (TPSA) is 76.8 Å². The highest BCUT2D eigenvalue weighted by molar-refractivity contribution is 14.1. The number of alkyl halides is 1. The van der Waals surface area contributed by atoms with Crippen LogP contribution in [-0.4, -0.2) is 21.1 Å². The number of nitriles is 2. The molecule has 110 valence electrons. The molecule has 0 bridgehead atoms. The predicted octanol–water partition coefficient (Wildman–Crippen LogP) is 3.07. The van der Waals surface area contributed by atoms with Crippen molar-refractivity contribution in [2.75, 3.05) is 10.2 Å². The maximum atomic E-state index is 9.71. The molecular weight excluding hydrogens is 407 g/mol. The van der Waals surface area contributed by atoms with Gasteiger partial charge in [0.1, 0.15) is 5.82 Å². The van der Waals surface area contributed by atoms with Crippen molar-refractivity contribution in [1.82, 2.24) is 4.90 Å². The summed E-state index contributed by atoms with van der Waals surface area (Å²) < 4.78 is 0.905. The fourth-order valence-corrected chi connectivity index (χ4v) is 5.32. The number of hydrogen-bond donors (Lipinski definition) is 1. The number of fused-ring (bicyclic) bond motifs is 1. The Labute approximate surface area is 147 Å². The first-order valence-corrected chi connectivity index (χ1v) is 9.31. The van der Waals surface area contributed by atoms with Gasteiger partial charge < -0.3 is 10.6 Å². The predicted molar refractivity (Wildman–Crippen MR) is 95.6 cm³/mol. The zero-order valence-corrected chi connectivity index (χ0v) is 14.6. The van der Waals surface area contributed by atoms with Gasteiger partial charge in [0.25, 0.3) is 0 Å². The van der Waals surface area contributed by atoms with Crippen LogP contribution < -0.4 is 5.73 Å². The van der Waals surface area contributed by atoms with E-state index in [0.29, 0.717) is 17.0 Å². The van der Waals surface area contributed by atoms with Crippen LogP contribution in [0.2, 0.25) is 0 Å². The van der Waals surface area contributed by atoms with Crippen LogP contribution >= 0.6 is 34.4 Å². The third-order valence-corrected chi connectivity index (χ3v) is 6.15. The minimum atomic E-state index is -0.358. The Morgan fingerprint density at radius 3 is 2.50 bits per heavy atom. The zero-order valence-electron chi connectivity index (χ0n) is 11.7. The van der Waals surface area contributed by atoms with Crippen LogP contribution in [0.4, 0.5) is 0 Å². The van der Waals surface area contributed by atoms with Gasteiger partial charge in [-0.1, -0.05) is 52.9 Å². The molecule has 22 heavy (non-hydrogen) atoms. The lowest BCUT2D eigenvalue weighted by atomic mass is 9.83. The molecule has 0 aromatic heterocycles. The average molecular weight is 420 g/mol. The fourth-order valence-electron chi connectivity index (χ4n) is 2.87. The van der Waals surface area contributed by atoms with E-state index in [1.165, 1.54) is 0 Å². The first-order chi connectivity index (χ1) is 10.7. The van der Waals surface area contributed by atoms with Gasteiger partial charge in [-0.2, -0.15) is 10.5 Å². The van der Waals surface area contributed by atoms with Crippen LogP contribution in [0.15, 0.2) is 52.3 Å². The van der Waals surface area contributed by atoms with E-state index < -0.39 is 0 Å². The van der Waals surface area contributed by atoms with Gasteiger partial charge >= 0.3 is 0 Å². The SMILES string of the molecule is N#CC1=C(N)N2C(=C(C#N)[C@H]1c1ccccc1)SC[C@@H]2CI. The smallest absolute Gasteiger partial charge is 0.119 e. The molecule has 0 aliphatic carbocycles. The van der Waals surface area contributed by atoms with Crippen molar-refractivity contribution < 1.29 is 0 Å². The quantitative estimate of drug-likeness (QED) is 0.588. The molecule has 0 radical (unpaired) electrons. The highest BCUT2D eigenvalue weighted by Gasteiger charge is 2.41. The van der Waals surface area contributed by atoms with E-state index in [0.717, 1.165) is 20.8 Å². The van der Waals surface area contributed by atoms with E-state index in [2.05, 4.69) is 34.7 Å². The van der Waals surface area contributed by atoms with Gasteiger partial charge in [-0.05, 0) is 5.56 Å². The Kier molecular flexibility index (Phi) is 4.32. The summed E-state index contributed by atoms with van der Waals surface area (Å²) >= 11 is 3.98. The highest BCUT2D eigenvalue weighted by Crippen LogP contribution is 2.48. The summed E-state index contributed by atoms with van der Waals surface area (Å²) in [5.74, 6) is 1.03. The van der Waals surface area contributed by atoms with Crippen molar-refractivity contribution in [2.24, 2.45) is 5.73 Å². The molecule has 6 heteroatoms. The lowest BCUT2D eigenvalue weighted by Crippen LogP contribution is -2.38. The molecule has 2 N–H and O–H groups in total. The Balaban J connectivity index is 2.21. The molecule has 1 saturated heterocycles. The molecule has 1 aromatic rings. The molecule has 0 unspecified atom stereocenters. The van der Waals surface area contributed by atoms with Crippen LogP contribution in [-0.2, 0) is 0 Å². The minimum absolute atomic E-state index is 0.240. The van der Waals surface area contributed by atoms with Gasteiger partial charge in [-0.15, -0.1) is 11.8 Å². The molecular formula is C16H13IN4S. The number of halogens is 1. The van der Waals surface area contributed by atoms with E-state index in [9.17, 15) is 10.5 Å². The van der Waals surface area contributed by atoms with Gasteiger partial charge in [0.2, 0.25) is 0 Å². The molecule has 0 amide bonds. The third kappa shape index (κ3) is 2.27. The van der Waals surface area contributed by atoms with Gasteiger partial charge in [-0.3, -0.25) is 0 Å². The number of allylic oxidation sites excluding steroid dienone is 2. The monoisotopic (exact) mass is 420 g/mol. The van der Waals surface area contributed by atoms with Crippen molar-refractivity contribution in [3.63, 3.8) is 0 Å². The summed E-state index contributed by atoms with van der Waals surface area (Å²) in [5, 5.41) is 20.2. The van der Waals surface area contributed by atoms with Gasteiger partial charge in [-0.25, -0.2) is 0 Å². The molecule has 0 spiro atoms. The standard InChI is InChI=1S/C16H13IN4S/c17-6-11-9-22-16-13(8-19)14(10-4-2-1-3-5-10)12(7-18)15(20)21(11)16/h1-5,11,14H,6,9,20H2/t11-,14-/m0/s1. The van der Waals surface area contributed by atoms with Crippen LogP contribution in [0, 0.1) is 22.7 Å². The van der Waals surface area contributed by atoms with Crippen molar-refractivity contribution in [2.45, 2.75) is 12.0 Å². The first-order valence-electron chi connectivity index (χ1n) is 6.79. The Morgan fingerprint density at radius 2 is 1.91 bits per heavy atom. The second-order valence-electron chi connectivity index (χ2n) is 5.07. The van der Waals surface area contributed by atoms with Gasteiger partial charge in [0.15, 0.2) is 0 Å². The molecule has 2 heterocycles. The maximum absolute atomic E-state index is 9.71. The summed E-state index contributed by atoms with van der Waals surface area (Å²) in [7, 11) is 0. The fraction of sp³-hybridized carbons (Fsp3) is 0.250. The largest absolute Gasteiger partial charge is 0.384 e. The zero-order chi connectivity index (χ0) is 15.7. The number of nitrogens with zero attached hydrogens (tertiary/aromatic N) is 3. The summed E-state index contributed by atoms with van der Waals surface area (Å²) in [6.07, 6.45) is 0. The minimum Gasteiger partial charge on any atom is -0.384 e. The van der Waals surface area contributed by atoms with Crippen LogP contribution in [0.5, 0.6) is 0 Å².